The maximum atomic E-state index is 14.0. The third kappa shape index (κ3) is 1.95. The molecule has 2 bridgehead atoms. The topological polar surface area (TPSA) is 58.5 Å². The van der Waals surface area contributed by atoms with Crippen LogP contribution in [0.5, 0.6) is 0 Å². The van der Waals surface area contributed by atoms with E-state index in [-0.39, 0.29) is 17.1 Å². The largest absolute Gasteiger partial charge is 0.325 e. The van der Waals surface area contributed by atoms with Gasteiger partial charge in [-0.15, -0.1) is 18.2 Å². The van der Waals surface area contributed by atoms with Crippen LogP contribution in [-0.2, 0) is 15.1 Å². The first-order valence-electron chi connectivity index (χ1n) is 9.02. The number of alkyl halides is 1. The van der Waals surface area contributed by atoms with E-state index in [1.165, 1.54) is 0 Å². The van der Waals surface area contributed by atoms with Crippen molar-refractivity contribution in [3.05, 3.63) is 42.0 Å². The van der Waals surface area contributed by atoms with Crippen LogP contribution in [0.1, 0.15) is 44.2 Å². The molecule has 1 aliphatic heterocycles. The number of nitrogens with zero attached hydrogens (tertiary/aromatic N) is 1. The number of carbonyl (C=O) groups excluding carboxylic acids is 2. The molecule has 4 nitrogen and oxygen atoms in total. The number of anilines is 1. The van der Waals surface area contributed by atoms with Crippen LogP contribution < -0.4 is 5.32 Å². The fourth-order valence-electron chi connectivity index (χ4n) is 5.50. The highest BCUT2D eigenvalue weighted by atomic mass is 35.5. The molecule has 0 aromatic heterocycles. The number of fused-ring (bicyclic) bond motifs is 3. The lowest BCUT2D eigenvalue weighted by Gasteiger charge is -2.52. The maximum Gasteiger partial charge on any atom is 0.232 e. The Balaban J connectivity index is 2.22. The number of nitrogens with one attached hydrogen (secondary N) is 1. The second-order valence-corrected chi connectivity index (χ2v) is 9.24. The number of Topliss-reactive ketones (excluding diaryl/α,β-unsaturated/α-hetero) is 1. The second kappa shape index (κ2) is 5.60. The SMILES string of the molecule is C=CC1(C)C(Cl)CC2C(=O)C1(N=C=S)c1cccc3c1C(C(=O)N3)C2(C)C. The highest BCUT2D eigenvalue weighted by molar-refractivity contribution is 7.78. The van der Waals surface area contributed by atoms with E-state index in [0.717, 1.165) is 11.3 Å². The first-order valence-corrected chi connectivity index (χ1v) is 9.86. The summed E-state index contributed by atoms with van der Waals surface area (Å²) in [6, 6.07) is 5.57. The predicted octanol–water partition coefficient (Wildman–Crippen LogP) is 4.45. The van der Waals surface area contributed by atoms with Gasteiger partial charge in [-0.25, -0.2) is 4.99 Å². The molecule has 0 saturated heterocycles. The minimum absolute atomic E-state index is 0.0558. The quantitative estimate of drug-likeness (QED) is 0.345. The third-order valence-electron chi connectivity index (χ3n) is 7.13. The van der Waals surface area contributed by atoms with Gasteiger partial charge in [-0.1, -0.05) is 39.0 Å². The number of thiocarbonyl (C=S) groups is 1. The summed E-state index contributed by atoms with van der Waals surface area (Å²) in [6.45, 7) is 9.84. The fourth-order valence-corrected chi connectivity index (χ4v) is 6.06. The Kier molecular flexibility index (Phi) is 3.85. The fraction of sp³-hybridized carbons (Fsp3) is 0.476. The zero-order valence-electron chi connectivity index (χ0n) is 15.5. The number of halogens is 1. The molecule has 27 heavy (non-hydrogen) atoms. The van der Waals surface area contributed by atoms with Crippen molar-refractivity contribution in [2.45, 2.75) is 44.0 Å². The number of rotatable bonds is 2. The average molecular weight is 401 g/mol. The van der Waals surface area contributed by atoms with Gasteiger partial charge in [0, 0.05) is 22.4 Å². The Morgan fingerprint density at radius 2 is 2.07 bits per heavy atom. The summed E-state index contributed by atoms with van der Waals surface area (Å²) in [6.07, 6.45) is 2.17. The first-order chi connectivity index (χ1) is 12.7. The predicted molar refractivity (Wildman–Crippen MR) is 109 cm³/mol. The number of hydrogen-bond donors (Lipinski definition) is 1. The van der Waals surface area contributed by atoms with Crippen molar-refractivity contribution in [3.8, 4) is 0 Å². The van der Waals surface area contributed by atoms with Gasteiger partial charge in [-0.2, -0.15) is 0 Å². The van der Waals surface area contributed by atoms with Crippen molar-refractivity contribution < 1.29 is 9.59 Å². The van der Waals surface area contributed by atoms with E-state index >= 15 is 0 Å². The standard InChI is InChI=1S/C21H21ClN2O2S/c1-5-20(4)14(22)9-12-17(25)21(20,23-10-27)11-7-6-8-13-15(11)16(18(26)24-13)19(12,2)3/h5-8,12,14,16H,1,9H2,2-4H3,(H,24,26). The van der Waals surface area contributed by atoms with Crippen molar-refractivity contribution in [1.82, 2.24) is 0 Å². The van der Waals surface area contributed by atoms with E-state index in [9.17, 15) is 9.59 Å². The van der Waals surface area contributed by atoms with Crippen LogP contribution in [-0.4, -0.2) is 22.2 Å². The van der Waals surface area contributed by atoms with Gasteiger partial charge in [0.25, 0.3) is 0 Å². The highest BCUT2D eigenvalue weighted by Crippen LogP contribution is 2.65. The molecule has 1 heterocycles. The molecule has 5 unspecified atom stereocenters. The van der Waals surface area contributed by atoms with Crippen molar-refractivity contribution in [2.75, 3.05) is 5.32 Å². The monoisotopic (exact) mass is 400 g/mol. The summed E-state index contributed by atoms with van der Waals surface area (Å²) >= 11 is 11.9. The number of carbonyl (C=O) groups is 2. The van der Waals surface area contributed by atoms with Gasteiger partial charge < -0.3 is 5.32 Å². The van der Waals surface area contributed by atoms with Crippen molar-refractivity contribution in [1.29, 1.82) is 0 Å². The van der Waals surface area contributed by atoms with Gasteiger partial charge in [0.15, 0.2) is 11.3 Å². The van der Waals surface area contributed by atoms with Crippen molar-refractivity contribution >= 4 is 46.4 Å². The summed E-state index contributed by atoms with van der Waals surface area (Å²) in [5, 5.41) is 5.06. The Bertz CT molecular complexity index is 952. The zero-order chi connectivity index (χ0) is 19.8. The molecule has 6 heteroatoms. The number of aliphatic imine (C=N–C) groups is 1. The van der Waals surface area contributed by atoms with Crippen molar-refractivity contribution in [2.24, 2.45) is 21.7 Å². The molecule has 3 aliphatic rings. The Hall–Kier alpha value is -1.81. The molecule has 1 aromatic carbocycles. The minimum Gasteiger partial charge on any atom is -0.325 e. The lowest BCUT2D eigenvalue weighted by molar-refractivity contribution is -0.141. The Morgan fingerprint density at radius 1 is 1.37 bits per heavy atom. The van der Waals surface area contributed by atoms with Gasteiger partial charge in [0.2, 0.25) is 5.91 Å². The molecule has 1 aromatic rings. The van der Waals surface area contributed by atoms with Gasteiger partial charge in [-0.3, -0.25) is 9.59 Å². The molecular formula is C21H21ClN2O2S. The highest BCUT2D eigenvalue weighted by Gasteiger charge is 2.69. The molecule has 5 atom stereocenters. The number of amides is 1. The summed E-state index contributed by atoms with van der Waals surface area (Å²) < 4.78 is 0. The van der Waals surface area contributed by atoms with Crippen LogP contribution in [0.25, 0.3) is 0 Å². The molecule has 1 amide bonds. The number of isothiocyanates is 1. The first kappa shape index (κ1) is 18.5. The minimum atomic E-state index is -1.34. The van der Waals surface area contributed by atoms with Crippen LogP contribution >= 0.6 is 23.8 Å². The van der Waals surface area contributed by atoms with Crippen LogP contribution in [0.3, 0.4) is 0 Å². The lowest BCUT2D eigenvalue weighted by Crippen LogP contribution is -2.60. The summed E-state index contributed by atoms with van der Waals surface area (Å²) in [5.41, 5.74) is -0.566. The normalized spacial score (nSPS) is 38.3. The molecular weight excluding hydrogens is 380 g/mol. The van der Waals surface area contributed by atoms with Gasteiger partial charge in [-0.05, 0) is 41.2 Å². The summed E-state index contributed by atoms with van der Waals surface area (Å²) in [4.78, 5) is 31.5. The molecule has 1 fully saturated rings. The molecule has 0 radical (unpaired) electrons. The lowest BCUT2D eigenvalue weighted by atomic mass is 9.53. The molecule has 1 saturated carbocycles. The number of hydrogen-bond acceptors (Lipinski definition) is 4. The number of benzene rings is 1. The van der Waals surface area contributed by atoms with E-state index in [4.69, 9.17) is 23.8 Å². The number of ketones is 1. The van der Waals surface area contributed by atoms with E-state index in [2.05, 4.69) is 22.0 Å². The van der Waals surface area contributed by atoms with Crippen molar-refractivity contribution in [3.63, 3.8) is 0 Å². The average Bonchev–Trinajstić information content (AvgIpc) is 2.95. The molecule has 4 rings (SSSR count). The molecule has 140 valence electrons. The second-order valence-electron chi connectivity index (χ2n) is 8.53. The van der Waals surface area contributed by atoms with Crippen LogP contribution in [0.4, 0.5) is 5.69 Å². The van der Waals surface area contributed by atoms with Crippen LogP contribution in [0.2, 0.25) is 0 Å². The third-order valence-corrected chi connectivity index (χ3v) is 7.85. The Labute approximate surface area is 169 Å². The Morgan fingerprint density at radius 3 is 2.70 bits per heavy atom. The maximum absolute atomic E-state index is 14.0. The van der Waals surface area contributed by atoms with Crippen LogP contribution in [0, 0.1) is 16.7 Å². The van der Waals surface area contributed by atoms with Gasteiger partial charge >= 0.3 is 0 Å². The molecule has 2 aliphatic carbocycles. The van der Waals surface area contributed by atoms with Crippen LogP contribution in [0.15, 0.2) is 35.8 Å². The summed E-state index contributed by atoms with van der Waals surface area (Å²) in [7, 11) is 0. The molecule has 1 N–H and O–H groups in total. The van der Waals surface area contributed by atoms with E-state index in [0.29, 0.717) is 12.0 Å². The molecule has 0 spiro atoms. The summed E-state index contributed by atoms with van der Waals surface area (Å²) in [5.74, 6) is -1.03. The van der Waals surface area contributed by atoms with Gasteiger partial charge in [0.1, 0.15) is 0 Å². The van der Waals surface area contributed by atoms with Gasteiger partial charge in [0.05, 0.1) is 11.1 Å². The van der Waals surface area contributed by atoms with E-state index < -0.39 is 28.2 Å². The van der Waals surface area contributed by atoms with E-state index in [1.807, 2.05) is 39.0 Å². The van der Waals surface area contributed by atoms with E-state index in [1.54, 1.807) is 6.08 Å². The zero-order valence-corrected chi connectivity index (χ0v) is 17.1. The smallest absolute Gasteiger partial charge is 0.232 e.